The number of nitriles is 1. The van der Waals surface area contributed by atoms with Crippen LogP contribution >= 0.6 is 0 Å². The summed E-state index contributed by atoms with van der Waals surface area (Å²) in [4.78, 5) is 2.51. The van der Waals surface area contributed by atoms with Gasteiger partial charge in [-0.15, -0.1) is 0 Å². The molecule has 0 spiro atoms. The van der Waals surface area contributed by atoms with Gasteiger partial charge in [-0.3, -0.25) is 0 Å². The Morgan fingerprint density at radius 2 is 2.12 bits per heavy atom. The first-order valence-corrected chi connectivity index (χ1v) is 6.44. The molecule has 2 aliphatic carbocycles. The molecule has 0 aromatic heterocycles. The van der Waals surface area contributed by atoms with Crippen LogP contribution in [0.5, 0.6) is 0 Å². The molecular weight excluding hydrogens is 198 g/mol. The van der Waals surface area contributed by atoms with E-state index in [1.807, 2.05) is 7.05 Å². The van der Waals surface area contributed by atoms with Gasteiger partial charge < -0.3 is 10.2 Å². The quantitative estimate of drug-likeness (QED) is 0.786. The summed E-state index contributed by atoms with van der Waals surface area (Å²) in [7, 11) is 4.15. The molecule has 2 rings (SSSR count). The fourth-order valence-corrected chi connectivity index (χ4v) is 3.00. The van der Waals surface area contributed by atoms with Crippen LogP contribution in [0.2, 0.25) is 0 Å². The zero-order valence-electron chi connectivity index (χ0n) is 10.7. The number of hydrogen-bond donors (Lipinski definition) is 1. The largest absolute Gasteiger partial charge is 0.302 e. The highest BCUT2D eigenvalue weighted by molar-refractivity contribution is 5.13. The zero-order chi connectivity index (χ0) is 11.8. The highest BCUT2D eigenvalue weighted by Crippen LogP contribution is 2.39. The predicted octanol–water partition coefficient (Wildman–Crippen LogP) is 1.75. The molecule has 90 valence electrons. The Balaban J connectivity index is 1.95. The van der Waals surface area contributed by atoms with E-state index >= 15 is 0 Å². The van der Waals surface area contributed by atoms with Gasteiger partial charge in [0.15, 0.2) is 0 Å². The molecule has 3 unspecified atom stereocenters. The Bertz CT molecular complexity index is 292. The third kappa shape index (κ3) is 2.09. The van der Waals surface area contributed by atoms with Crippen LogP contribution in [-0.2, 0) is 0 Å². The molecule has 3 heteroatoms. The van der Waals surface area contributed by atoms with E-state index in [4.69, 9.17) is 0 Å². The fraction of sp³-hybridized carbons (Fsp3) is 0.923. The van der Waals surface area contributed by atoms with E-state index < -0.39 is 0 Å². The Morgan fingerprint density at radius 1 is 1.44 bits per heavy atom. The van der Waals surface area contributed by atoms with Crippen molar-refractivity contribution in [2.24, 2.45) is 5.92 Å². The molecule has 1 N–H and O–H groups in total. The van der Waals surface area contributed by atoms with Crippen LogP contribution in [0.25, 0.3) is 0 Å². The summed E-state index contributed by atoms with van der Waals surface area (Å²) < 4.78 is 0. The van der Waals surface area contributed by atoms with Gasteiger partial charge >= 0.3 is 0 Å². The average Bonchev–Trinajstić information content (AvgIpc) is 3.07. The maximum absolute atomic E-state index is 9.25. The normalized spacial score (nSPS) is 36.3. The molecule has 0 aliphatic heterocycles. The molecule has 16 heavy (non-hydrogen) atoms. The molecule has 2 aliphatic rings. The van der Waals surface area contributed by atoms with E-state index in [0.29, 0.717) is 12.1 Å². The lowest BCUT2D eigenvalue weighted by atomic mass is 9.99. The molecule has 2 fully saturated rings. The van der Waals surface area contributed by atoms with E-state index in [0.717, 1.165) is 25.2 Å². The first kappa shape index (κ1) is 11.9. The molecule has 0 amide bonds. The molecule has 0 saturated heterocycles. The number of hydrogen-bond acceptors (Lipinski definition) is 3. The van der Waals surface area contributed by atoms with Crippen molar-refractivity contribution in [1.29, 1.82) is 5.26 Å². The van der Waals surface area contributed by atoms with Crippen LogP contribution in [0, 0.1) is 17.2 Å². The molecule has 0 bridgehead atoms. The van der Waals surface area contributed by atoms with Gasteiger partial charge in [-0.2, -0.15) is 5.26 Å². The van der Waals surface area contributed by atoms with E-state index in [2.05, 4.69) is 30.3 Å². The van der Waals surface area contributed by atoms with Crippen LogP contribution in [0.4, 0.5) is 0 Å². The van der Waals surface area contributed by atoms with Gasteiger partial charge in [0.05, 0.1) is 6.07 Å². The van der Waals surface area contributed by atoms with Crippen molar-refractivity contribution >= 4 is 0 Å². The molecule has 2 saturated carbocycles. The average molecular weight is 221 g/mol. The number of rotatable bonds is 4. The fourth-order valence-electron chi connectivity index (χ4n) is 3.00. The van der Waals surface area contributed by atoms with Crippen LogP contribution in [0.3, 0.4) is 0 Å². The van der Waals surface area contributed by atoms with Gasteiger partial charge in [0.25, 0.3) is 0 Å². The molecule has 0 heterocycles. The van der Waals surface area contributed by atoms with Crippen molar-refractivity contribution in [3.8, 4) is 6.07 Å². The van der Waals surface area contributed by atoms with Crippen LogP contribution in [0.15, 0.2) is 0 Å². The van der Waals surface area contributed by atoms with Crippen molar-refractivity contribution in [2.75, 3.05) is 14.1 Å². The maximum Gasteiger partial charge on any atom is 0.108 e. The molecule has 0 radical (unpaired) electrons. The second-order valence-corrected chi connectivity index (χ2v) is 5.58. The Morgan fingerprint density at radius 3 is 2.56 bits per heavy atom. The van der Waals surface area contributed by atoms with Crippen LogP contribution in [-0.4, -0.2) is 36.6 Å². The monoisotopic (exact) mass is 221 g/mol. The van der Waals surface area contributed by atoms with Gasteiger partial charge in [0.2, 0.25) is 0 Å². The van der Waals surface area contributed by atoms with E-state index in [9.17, 15) is 5.26 Å². The minimum Gasteiger partial charge on any atom is -0.302 e. The lowest BCUT2D eigenvalue weighted by Gasteiger charge is -2.31. The highest BCUT2D eigenvalue weighted by Gasteiger charge is 2.42. The Labute approximate surface area is 98.8 Å². The topological polar surface area (TPSA) is 39.1 Å². The van der Waals surface area contributed by atoms with Crippen molar-refractivity contribution in [1.82, 2.24) is 10.2 Å². The summed E-state index contributed by atoms with van der Waals surface area (Å²) >= 11 is 0. The summed E-state index contributed by atoms with van der Waals surface area (Å²) in [6.07, 6.45) is 5.92. The van der Waals surface area contributed by atoms with Gasteiger partial charge in [-0.25, -0.2) is 0 Å². The summed E-state index contributed by atoms with van der Waals surface area (Å²) in [5.74, 6) is 0.914. The molecular formula is C13H23N3. The van der Waals surface area contributed by atoms with Crippen LogP contribution < -0.4 is 5.32 Å². The SMILES string of the molecule is CNC1(C#N)CCC(N(C)C(C)C2CC2)C1. The first-order chi connectivity index (χ1) is 7.62. The zero-order valence-corrected chi connectivity index (χ0v) is 10.7. The highest BCUT2D eigenvalue weighted by atomic mass is 15.2. The van der Waals surface area contributed by atoms with Crippen molar-refractivity contribution in [3.05, 3.63) is 0 Å². The third-order valence-corrected chi connectivity index (χ3v) is 4.70. The summed E-state index contributed by atoms with van der Waals surface area (Å²) in [6.45, 7) is 2.34. The summed E-state index contributed by atoms with van der Waals surface area (Å²) in [5, 5.41) is 12.5. The second-order valence-electron chi connectivity index (χ2n) is 5.58. The maximum atomic E-state index is 9.25. The minimum atomic E-state index is -0.262. The molecule has 0 aromatic rings. The van der Waals surface area contributed by atoms with Gasteiger partial charge in [0, 0.05) is 12.1 Å². The first-order valence-electron chi connectivity index (χ1n) is 6.44. The molecule has 3 atom stereocenters. The summed E-state index contributed by atoms with van der Waals surface area (Å²) in [6, 6.07) is 3.73. The summed E-state index contributed by atoms with van der Waals surface area (Å²) in [5.41, 5.74) is -0.262. The molecule has 3 nitrogen and oxygen atoms in total. The third-order valence-electron chi connectivity index (χ3n) is 4.70. The van der Waals surface area contributed by atoms with E-state index in [-0.39, 0.29) is 5.54 Å². The van der Waals surface area contributed by atoms with E-state index in [1.165, 1.54) is 12.8 Å². The van der Waals surface area contributed by atoms with Gasteiger partial charge in [-0.1, -0.05) is 0 Å². The standard InChI is InChI=1S/C13H23N3/c1-10(11-4-5-11)16(3)12-6-7-13(8-12,9-14)15-2/h10-12,15H,4-8H2,1-3H3. The lowest BCUT2D eigenvalue weighted by Crippen LogP contribution is -2.43. The predicted molar refractivity (Wildman–Crippen MR) is 65.0 cm³/mol. The lowest BCUT2D eigenvalue weighted by molar-refractivity contribution is 0.164. The minimum absolute atomic E-state index is 0.262. The Hall–Kier alpha value is -0.590. The van der Waals surface area contributed by atoms with E-state index in [1.54, 1.807) is 0 Å². The number of nitrogens with zero attached hydrogens (tertiary/aromatic N) is 2. The Kier molecular flexibility index (Phi) is 3.23. The second kappa shape index (κ2) is 4.35. The van der Waals surface area contributed by atoms with Gasteiger partial charge in [0.1, 0.15) is 5.54 Å². The number of nitrogens with one attached hydrogen (secondary N) is 1. The van der Waals surface area contributed by atoms with Crippen molar-refractivity contribution in [2.45, 2.75) is 56.7 Å². The van der Waals surface area contributed by atoms with Crippen molar-refractivity contribution in [3.63, 3.8) is 0 Å². The van der Waals surface area contributed by atoms with Crippen LogP contribution in [0.1, 0.15) is 39.0 Å². The van der Waals surface area contributed by atoms with Crippen molar-refractivity contribution < 1.29 is 0 Å². The van der Waals surface area contributed by atoms with Gasteiger partial charge in [-0.05, 0) is 59.0 Å². The smallest absolute Gasteiger partial charge is 0.108 e. The molecule has 0 aromatic carbocycles.